The first-order valence-electron chi connectivity index (χ1n) is 5.53. The summed E-state index contributed by atoms with van der Waals surface area (Å²) in [6.45, 7) is 3.60. The number of hydrogen-bond acceptors (Lipinski definition) is 2. The highest BCUT2D eigenvalue weighted by molar-refractivity contribution is 6.01. The normalized spacial score (nSPS) is 10.5. The van der Waals surface area contributed by atoms with E-state index in [0.29, 0.717) is 23.4 Å². The molecule has 0 aliphatic carbocycles. The Bertz CT molecular complexity index is 550. The molecule has 0 amide bonds. The van der Waals surface area contributed by atoms with Crippen molar-refractivity contribution in [3.05, 3.63) is 35.3 Å². The number of H-pyrrole nitrogens is 2. The second-order valence-electron chi connectivity index (χ2n) is 3.91. The molecule has 2 rings (SSSR count). The van der Waals surface area contributed by atoms with Gasteiger partial charge in [0.1, 0.15) is 0 Å². The van der Waals surface area contributed by atoms with Crippen LogP contribution in [0.5, 0.6) is 0 Å². The molecule has 88 valence electrons. The predicted octanol–water partition coefficient (Wildman–Crippen LogP) is 2.72. The van der Waals surface area contributed by atoms with Gasteiger partial charge in [-0.2, -0.15) is 0 Å². The summed E-state index contributed by atoms with van der Waals surface area (Å²) < 4.78 is 0. The molecule has 2 N–H and O–H groups in total. The lowest BCUT2D eigenvalue weighted by Gasteiger charge is -1.94. The van der Waals surface area contributed by atoms with E-state index in [0.717, 1.165) is 17.4 Å². The van der Waals surface area contributed by atoms with Gasteiger partial charge in [0.05, 0.1) is 11.4 Å². The molecule has 0 atom stereocenters. The Labute approximate surface area is 99.1 Å². The zero-order valence-corrected chi connectivity index (χ0v) is 9.83. The van der Waals surface area contributed by atoms with Crippen LogP contribution in [0.3, 0.4) is 0 Å². The molecule has 0 aromatic carbocycles. The second kappa shape index (κ2) is 4.41. The highest BCUT2D eigenvalue weighted by Gasteiger charge is 2.18. The van der Waals surface area contributed by atoms with E-state index in [4.69, 9.17) is 0 Å². The van der Waals surface area contributed by atoms with Crippen molar-refractivity contribution in [1.82, 2.24) is 9.97 Å². The van der Waals surface area contributed by atoms with E-state index in [1.54, 1.807) is 26.2 Å². The number of nitrogens with one attached hydrogen (secondary N) is 2. The first-order chi connectivity index (χ1) is 8.19. The van der Waals surface area contributed by atoms with E-state index in [9.17, 15) is 9.59 Å². The molecule has 0 unspecified atom stereocenters. The van der Waals surface area contributed by atoms with Crippen LogP contribution in [0.1, 0.15) is 39.8 Å². The highest BCUT2D eigenvalue weighted by Crippen LogP contribution is 2.26. The van der Waals surface area contributed by atoms with Crippen LogP contribution in [0.2, 0.25) is 0 Å². The smallest absolute Gasteiger partial charge is 0.179 e. The third-order valence-electron chi connectivity index (χ3n) is 2.90. The topological polar surface area (TPSA) is 65.7 Å². The van der Waals surface area contributed by atoms with Crippen LogP contribution in [0.15, 0.2) is 18.5 Å². The average molecular weight is 230 g/mol. The van der Waals surface area contributed by atoms with E-state index in [1.165, 1.54) is 0 Å². The van der Waals surface area contributed by atoms with E-state index in [1.807, 2.05) is 6.07 Å². The minimum absolute atomic E-state index is 0.0207. The molecule has 0 aliphatic heterocycles. The third kappa shape index (κ3) is 1.82. The van der Waals surface area contributed by atoms with Crippen molar-refractivity contribution in [2.45, 2.75) is 20.3 Å². The summed E-state index contributed by atoms with van der Waals surface area (Å²) in [6.07, 6.45) is 4.78. The molecule has 0 saturated carbocycles. The van der Waals surface area contributed by atoms with Crippen LogP contribution in [0.25, 0.3) is 11.3 Å². The minimum Gasteiger partial charge on any atom is -0.367 e. The first kappa shape index (κ1) is 11.4. The molecule has 0 fully saturated rings. The second-order valence-corrected chi connectivity index (χ2v) is 3.91. The maximum Gasteiger partial charge on any atom is 0.179 e. The molecule has 0 saturated heterocycles. The summed E-state index contributed by atoms with van der Waals surface area (Å²) in [5.41, 5.74) is 3.40. The van der Waals surface area contributed by atoms with Crippen LogP contribution in [0.4, 0.5) is 0 Å². The number of carbonyl (C=O) groups excluding carboxylic acids is 2. The monoisotopic (exact) mass is 230 g/mol. The lowest BCUT2D eigenvalue weighted by atomic mass is 10.1. The molecule has 2 aromatic heterocycles. The molecule has 0 radical (unpaired) electrons. The van der Waals surface area contributed by atoms with Gasteiger partial charge in [-0.15, -0.1) is 0 Å². The molecule has 4 nitrogen and oxygen atoms in total. The maximum absolute atomic E-state index is 11.7. The molecule has 4 heteroatoms. The molecule has 0 spiro atoms. The number of rotatable bonds is 4. The van der Waals surface area contributed by atoms with Crippen molar-refractivity contribution in [2.24, 2.45) is 0 Å². The van der Waals surface area contributed by atoms with Gasteiger partial charge in [-0.3, -0.25) is 9.59 Å². The van der Waals surface area contributed by atoms with Gasteiger partial charge in [0.2, 0.25) is 0 Å². The molecule has 2 aromatic rings. The number of hydrogen-bond donors (Lipinski definition) is 2. The zero-order valence-electron chi connectivity index (χ0n) is 9.83. The van der Waals surface area contributed by atoms with E-state index >= 15 is 0 Å². The van der Waals surface area contributed by atoms with Crippen LogP contribution in [-0.2, 0) is 0 Å². The lowest BCUT2D eigenvalue weighted by molar-refractivity contribution is 0.0983. The van der Waals surface area contributed by atoms with Crippen molar-refractivity contribution < 1.29 is 9.59 Å². The standard InChI is InChI=1S/C13H14N2O2/c1-3-11(17)12-8(2)10(7-16)13(15-12)9-4-5-14-6-9/h4-7,14-15H,3H2,1-2H3. The van der Waals surface area contributed by atoms with Crippen molar-refractivity contribution in [3.8, 4) is 11.3 Å². The van der Waals surface area contributed by atoms with E-state index in [-0.39, 0.29) is 5.78 Å². The van der Waals surface area contributed by atoms with Gasteiger partial charge >= 0.3 is 0 Å². The summed E-state index contributed by atoms with van der Waals surface area (Å²) in [5.74, 6) is 0.0207. The Morgan fingerprint density at radius 3 is 2.76 bits per heavy atom. The number of carbonyl (C=O) groups is 2. The van der Waals surface area contributed by atoms with Gasteiger partial charge in [-0.05, 0) is 18.6 Å². The zero-order chi connectivity index (χ0) is 12.4. The van der Waals surface area contributed by atoms with Crippen molar-refractivity contribution >= 4 is 12.1 Å². The van der Waals surface area contributed by atoms with Gasteiger partial charge < -0.3 is 9.97 Å². The molecule has 2 heterocycles. The van der Waals surface area contributed by atoms with Gasteiger partial charge in [-0.1, -0.05) is 6.92 Å². The van der Waals surface area contributed by atoms with Crippen molar-refractivity contribution in [3.63, 3.8) is 0 Å². The summed E-state index contributed by atoms with van der Waals surface area (Å²) in [7, 11) is 0. The number of Topliss-reactive ketones (excluding diaryl/α,β-unsaturated/α-hetero) is 1. The Morgan fingerprint density at radius 2 is 2.24 bits per heavy atom. The molecular formula is C13H14N2O2. The fourth-order valence-corrected chi connectivity index (χ4v) is 1.92. The number of aromatic nitrogens is 2. The fraction of sp³-hybridized carbons (Fsp3) is 0.231. The first-order valence-corrected chi connectivity index (χ1v) is 5.53. The Hall–Kier alpha value is -2.10. The summed E-state index contributed by atoms with van der Waals surface area (Å²) in [4.78, 5) is 28.8. The van der Waals surface area contributed by atoms with Gasteiger partial charge in [0.25, 0.3) is 0 Å². The molecule has 17 heavy (non-hydrogen) atoms. The van der Waals surface area contributed by atoms with Gasteiger partial charge in [-0.25, -0.2) is 0 Å². The molecule has 0 bridgehead atoms. The number of aromatic amines is 2. The van der Waals surface area contributed by atoms with Crippen LogP contribution >= 0.6 is 0 Å². The Kier molecular flexibility index (Phi) is 2.95. The van der Waals surface area contributed by atoms with Crippen molar-refractivity contribution in [1.29, 1.82) is 0 Å². The lowest BCUT2D eigenvalue weighted by Crippen LogP contribution is -1.99. The minimum atomic E-state index is 0.0207. The molecule has 0 aliphatic rings. The fourth-order valence-electron chi connectivity index (χ4n) is 1.92. The SMILES string of the molecule is CCC(=O)c1[nH]c(-c2cc[nH]c2)c(C=O)c1C. The van der Waals surface area contributed by atoms with E-state index < -0.39 is 0 Å². The quantitative estimate of drug-likeness (QED) is 0.626. The molecular weight excluding hydrogens is 216 g/mol. The summed E-state index contributed by atoms with van der Waals surface area (Å²) >= 11 is 0. The highest BCUT2D eigenvalue weighted by atomic mass is 16.1. The maximum atomic E-state index is 11.7. The largest absolute Gasteiger partial charge is 0.367 e. The Morgan fingerprint density at radius 1 is 1.47 bits per heavy atom. The number of aldehydes is 1. The van der Waals surface area contributed by atoms with E-state index in [2.05, 4.69) is 9.97 Å². The number of ketones is 1. The van der Waals surface area contributed by atoms with Crippen LogP contribution < -0.4 is 0 Å². The third-order valence-corrected chi connectivity index (χ3v) is 2.90. The Balaban J connectivity index is 2.61. The predicted molar refractivity (Wildman–Crippen MR) is 65.3 cm³/mol. The summed E-state index contributed by atoms with van der Waals surface area (Å²) in [6, 6.07) is 1.86. The van der Waals surface area contributed by atoms with Crippen LogP contribution in [-0.4, -0.2) is 22.0 Å². The van der Waals surface area contributed by atoms with Crippen molar-refractivity contribution in [2.75, 3.05) is 0 Å². The summed E-state index contributed by atoms with van der Waals surface area (Å²) in [5, 5.41) is 0. The van der Waals surface area contributed by atoms with Gasteiger partial charge in [0, 0.05) is 29.9 Å². The van der Waals surface area contributed by atoms with Crippen LogP contribution in [0, 0.1) is 6.92 Å². The average Bonchev–Trinajstić information content (AvgIpc) is 2.95. The van der Waals surface area contributed by atoms with Gasteiger partial charge in [0.15, 0.2) is 12.1 Å².